The summed E-state index contributed by atoms with van der Waals surface area (Å²) in [4.78, 5) is 11.3. The molecular formula is C17H13FO. The number of halogens is 1. The Morgan fingerprint density at radius 1 is 0.947 bits per heavy atom. The van der Waals surface area contributed by atoms with E-state index in [-0.39, 0.29) is 5.82 Å². The Morgan fingerprint density at radius 2 is 1.68 bits per heavy atom. The van der Waals surface area contributed by atoms with Gasteiger partial charge in [-0.1, -0.05) is 36.4 Å². The van der Waals surface area contributed by atoms with Crippen LogP contribution in [0.2, 0.25) is 0 Å². The molecule has 0 heterocycles. The molecule has 0 saturated heterocycles. The Balaban J connectivity index is 2.22. The minimum absolute atomic E-state index is 0.263. The van der Waals surface area contributed by atoms with Gasteiger partial charge in [0.1, 0.15) is 12.1 Å². The van der Waals surface area contributed by atoms with Crippen molar-refractivity contribution in [3.05, 3.63) is 76.6 Å². The van der Waals surface area contributed by atoms with Crippen LogP contribution in [-0.4, -0.2) is 6.29 Å². The van der Waals surface area contributed by atoms with Gasteiger partial charge in [0, 0.05) is 5.57 Å². The van der Waals surface area contributed by atoms with Crippen LogP contribution in [0.25, 0.3) is 5.57 Å². The molecule has 0 N–H and O–H groups in total. The van der Waals surface area contributed by atoms with Gasteiger partial charge in [-0.15, -0.1) is 0 Å². The van der Waals surface area contributed by atoms with E-state index in [0.717, 1.165) is 41.4 Å². The van der Waals surface area contributed by atoms with Gasteiger partial charge in [-0.2, -0.15) is 0 Å². The number of allylic oxidation sites excluding steroid dienone is 1. The summed E-state index contributed by atoms with van der Waals surface area (Å²) in [5.41, 5.74) is 4.97. The summed E-state index contributed by atoms with van der Waals surface area (Å²) in [6.07, 6.45) is 2.55. The van der Waals surface area contributed by atoms with E-state index in [4.69, 9.17) is 0 Å². The molecule has 19 heavy (non-hydrogen) atoms. The predicted molar refractivity (Wildman–Crippen MR) is 73.2 cm³/mol. The molecular weight excluding hydrogens is 239 g/mol. The average Bonchev–Trinajstić information content (AvgIpc) is 2.47. The molecule has 0 atom stereocenters. The van der Waals surface area contributed by atoms with Gasteiger partial charge in [-0.05, 0) is 47.2 Å². The second-order valence-electron chi connectivity index (χ2n) is 4.68. The number of benzene rings is 2. The van der Waals surface area contributed by atoms with Crippen LogP contribution in [-0.2, 0) is 11.2 Å². The van der Waals surface area contributed by atoms with E-state index in [1.165, 1.54) is 17.7 Å². The molecule has 0 aliphatic heterocycles. The van der Waals surface area contributed by atoms with E-state index in [0.29, 0.717) is 0 Å². The van der Waals surface area contributed by atoms with Crippen molar-refractivity contribution in [3.63, 3.8) is 0 Å². The van der Waals surface area contributed by atoms with Gasteiger partial charge in [0.2, 0.25) is 0 Å². The van der Waals surface area contributed by atoms with Crippen molar-refractivity contribution >= 4 is 11.9 Å². The lowest BCUT2D eigenvalue weighted by atomic mass is 9.83. The first-order valence-corrected chi connectivity index (χ1v) is 6.32. The Hall–Kier alpha value is -2.22. The molecule has 2 aromatic carbocycles. The van der Waals surface area contributed by atoms with Gasteiger partial charge in [0.25, 0.3) is 0 Å². The molecule has 0 bridgehead atoms. The third-order valence-electron chi connectivity index (χ3n) is 3.55. The number of rotatable bonds is 2. The van der Waals surface area contributed by atoms with Crippen molar-refractivity contribution in [1.82, 2.24) is 0 Å². The lowest BCUT2D eigenvalue weighted by Crippen LogP contribution is -2.07. The zero-order valence-electron chi connectivity index (χ0n) is 10.4. The maximum absolute atomic E-state index is 13.0. The molecule has 0 fully saturated rings. The zero-order valence-corrected chi connectivity index (χ0v) is 10.4. The summed E-state index contributed by atoms with van der Waals surface area (Å²) in [6.45, 7) is 0. The van der Waals surface area contributed by atoms with Crippen LogP contribution in [0.5, 0.6) is 0 Å². The highest BCUT2D eigenvalue weighted by Crippen LogP contribution is 2.35. The molecule has 0 radical (unpaired) electrons. The van der Waals surface area contributed by atoms with Crippen molar-refractivity contribution in [2.24, 2.45) is 0 Å². The van der Waals surface area contributed by atoms with Crippen LogP contribution in [0, 0.1) is 5.82 Å². The predicted octanol–water partition coefficient (Wildman–Crippen LogP) is 3.77. The number of aryl methyl sites for hydroxylation is 1. The molecule has 0 aromatic heterocycles. The van der Waals surface area contributed by atoms with Crippen LogP contribution < -0.4 is 0 Å². The van der Waals surface area contributed by atoms with Crippen LogP contribution in [0.1, 0.15) is 23.1 Å². The molecule has 0 saturated carbocycles. The lowest BCUT2D eigenvalue weighted by Gasteiger charge is -2.21. The standard InChI is InChI=1S/C17H13FO/c18-15-9-7-13(8-10-15)17-14(11-19)6-5-12-3-1-2-4-16(12)17/h1-4,7-11H,5-6H2. The number of hydrogen-bond donors (Lipinski definition) is 0. The Labute approximate surface area is 111 Å². The molecule has 0 spiro atoms. The number of fused-ring (bicyclic) bond motifs is 1. The lowest BCUT2D eigenvalue weighted by molar-refractivity contribution is -0.105. The highest BCUT2D eigenvalue weighted by Gasteiger charge is 2.19. The van der Waals surface area contributed by atoms with Crippen molar-refractivity contribution in [3.8, 4) is 0 Å². The van der Waals surface area contributed by atoms with E-state index in [1.54, 1.807) is 12.1 Å². The maximum atomic E-state index is 13.0. The number of aldehydes is 1. The van der Waals surface area contributed by atoms with Gasteiger partial charge in [0.15, 0.2) is 0 Å². The monoisotopic (exact) mass is 252 g/mol. The minimum Gasteiger partial charge on any atom is -0.298 e. The van der Waals surface area contributed by atoms with Gasteiger partial charge >= 0.3 is 0 Å². The van der Waals surface area contributed by atoms with Crippen LogP contribution in [0.3, 0.4) is 0 Å². The second kappa shape index (κ2) is 4.81. The fourth-order valence-electron chi connectivity index (χ4n) is 2.62. The first kappa shape index (κ1) is 11.8. The van der Waals surface area contributed by atoms with Crippen molar-refractivity contribution in [2.45, 2.75) is 12.8 Å². The van der Waals surface area contributed by atoms with Crippen LogP contribution in [0.4, 0.5) is 4.39 Å². The fourth-order valence-corrected chi connectivity index (χ4v) is 2.62. The van der Waals surface area contributed by atoms with Crippen molar-refractivity contribution in [1.29, 1.82) is 0 Å². The number of carbonyl (C=O) groups is 1. The van der Waals surface area contributed by atoms with Gasteiger partial charge < -0.3 is 0 Å². The smallest absolute Gasteiger partial charge is 0.146 e. The number of carbonyl (C=O) groups excluding carboxylic acids is 1. The molecule has 0 unspecified atom stereocenters. The zero-order chi connectivity index (χ0) is 13.2. The number of hydrogen-bond acceptors (Lipinski definition) is 1. The minimum atomic E-state index is -0.263. The van der Waals surface area contributed by atoms with Crippen LogP contribution >= 0.6 is 0 Å². The van der Waals surface area contributed by atoms with Gasteiger partial charge in [-0.25, -0.2) is 4.39 Å². The topological polar surface area (TPSA) is 17.1 Å². The largest absolute Gasteiger partial charge is 0.298 e. The first-order chi connectivity index (χ1) is 9.29. The molecule has 1 aliphatic rings. The molecule has 0 amide bonds. The average molecular weight is 252 g/mol. The fraction of sp³-hybridized carbons (Fsp3) is 0.118. The highest BCUT2D eigenvalue weighted by molar-refractivity contribution is 5.96. The summed E-state index contributed by atoms with van der Waals surface area (Å²) >= 11 is 0. The Kier molecular flexibility index (Phi) is 3.00. The third-order valence-corrected chi connectivity index (χ3v) is 3.55. The van der Waals surface area contributed by atoms with E-state index < -0.39 is 0 Å². The normalized spacial score (nSPS) is 14.2. The molecule has 3 rings (SSSR count). The second-order valence-corrected chi connectivity index (χ2v) is 4.68. The third kappa shape index (κ3) is 2.10. The Bertz CT molecular complexity index is 653. The maximum Gasteiger partial charge on any atom is 0.146 e. The molecule has 1 aliphatic carbocycles. The molecule has 2 aromatic rings. The quantitative estimate of drug-likeness (QED) is 0.743. The summed E-state index contributed by atoms with van der Waals surface area (Å²) in [6, 6.07) is 14.4. The van der Waals surface area contributed by atoms with Gasteiger partial charge in [-0.3, -0.25) is 4.79 Å². The summed E-state index contributed by atoms with van der Waals surface area (Å²) in [5, 5.41) is 0. The SMILES string of the molecule is O=CC1=C(c2ccc(F)cc2)c2ccccc2CC1. The molecule has 2 heteroatoms. The van der Waals surface area contributed by atoms with Crippen LogP contribution in [0.15, 0.2) is 54.1 Å². The first-order valence-electron chi connectivity index (χ1n) is 6.32. The van der Waals surface area contributed by atoms with E-state index >= 15 is 0 Å². The summed E-state index contributed by atoms with van der Waals surface area (Å²) < 4.78 is 13.0. The van der Waals surface area contributed by atoms with Crippen molar-refractivity contribution < 1.29 is 9.18 Å². The Morgan fingerprint density at radius 3 is 2.42 bits per heavy atom. The van der Waals surface area contributed by atoms with E-state index in [9.17, 15) is 9.18 Å². The van der Waals surface area contributed by atoms with Gasteiger partial charge in [0.05, 0.1) is 0 Å². The summed E-state index contributed by atoms with van der Waals surface area (Å²) in [5.74, 6) is -0.263. The van der Waals surface area contributed by atoms with E-state index in [1.807, 2.05) is 18.2 Å². The van der Waals surface area contributed by atoms with E-state index in [2.05, 4.69) is 6.07 Å². The van der Waals surface area contributed by atoms with Crippen molar-refractivity contribution in [2.75, 3.05) is 0 Å². The summed E-state index contributed by atoms with van der Waals surface area (Å²) in [7, 11) is 0. The molecule has 1 nitrogen and oxygen atoms in total. The molecule has 94 valence electrons. The highest BCUT2D eigenvalue weighted by atomic mass is 19.1.